The molecule has 2 N–H and O–H groups in total. The number of methoxy groups -OCH3 is 1. The van der Waals surface area contributed by atoms with E-state index in [1.807, 2.05) is 12.1 Å². The van der Waals surface area contributed by atoms with Gasteiger partial charge in [0.15, 0.2) is 0 Å². The minimum Gasteiger partial charge on any atom is -0.496 e. The average Bonchev–Trinajstić information content (AvgIpc) is 2.44. The predicted octanol–water partition coefficient (Wildman–Crippen LogP) is 2.24. The maximum atomic E-state index is 5.43. The molecule has 0 spiro atoms. The highest BCUT2D eigenvalue weighted by molar-refractivity contribution is 5.44. The normalized spacial score (nSPS) is 10.2. The van der Waals surface area contributed by atoms with Crippen LogP contribution in [0.5, 0.6) is 5.75 Å². The number of ether oxygens (including phenoxy) is 1. The van der Waals surface area contributed by atoms with Crippen LogP contribution in [0.2, 0.25) is 0 Å². The second kappa shape index (κ2) is 8.58. The lowest BCUT2D eigenvalue weighted by Gasteiger charge is -2.21. The maximum absolute atomic E-state index is 5.43. The van der Waals surface area contributed by atoms with Crippen LogP contribution in [0.15, 0.2) is 18.2 Å². The summed E-state index contributed by atoms with van der Waals surface area (Å²) in [5.41, 5.74) is 7.58. The van der Waals surface area contributed by atoms with Gasteiger partial charge in [-0.3, -0.25) is 4.90 Å². The molecule has 1 aromatic carbocycles. The summed E-state index contributed by atoms with van der Waals surface area (Å²) in [5.74, 6) is 6.88. The molecule has 0 fully saturated rings. The molecular weight excluding hydrogens is 236 g/mol. The van der Waals surface area contributed by atoms with Gasteiger partial charge in [0.2, 0.25) is 0 Å². The van der Waals surface area contributed by atoms with Gasteiger partial charge in [0, 0.05) is 17.7 Å². The van der Waals surface area contributed by atoms with Crippen LogP contribution in [0.25, 0.3) is 0 Å². The van der Waals surface area contributed by atoms with E-state index in [1.54, 1.807) is 7.11 Å². The lowest BCUT2D eigenvalue weighted by molar-refractivity contribution is 0.275. The van der Waals surface area contributed by atoms with Gasteiger partial charge < -0.3 is 10.5 Å². The van der Waals surface area contributed by atoms with E-state index in [0.717, 1.165) is 37.4 Å². The number of benzene rings is 1. The van der Waals surface area contributed by atoms with E-state index < -0.39 is 0 Å². The van der Waals surface area contributed by atoms with Crippen molar-refractivity contribution < 1.29 is 4.74 Å². The fourth-order valence-electron chi connectivity index (χ4n) is 2.04. The summed E-state index contributed by atoms with van der Waals surface area (Å²) in [6.07, 6.45) is 1.16. The van der Waals surface area contributed by atoms with Crippen molar-refractivity contribution in [2.24, 2.45) is 5.73 Å². The molecule has 104 valence electrons. The zero-order chi connectivity index (χ0) is 14.1. The van der Waals surface area contributed by atoms with Gasteiger partial charge in [0.25, 0.3) is 0 Å². The largest absolute Gasteiger partial charge is 0.496 e. The Balaban J connectivity index is 2.94. The second-order valence-corrected chi connectivity index (χ2v) is 4.40. The Bertz CT molecular complexity index is 446. The number of rotatable bonds is 6. The third-order valence-electron chi connectivity index (χ3n) is 3.00. The van der Waals surface area contributed by atoms with Crippen molar-refractivity contribution in [2.45, 2.75) is 26.8 Å². The van der Waals surface area contributed by atoms with Gasteiger partial charge in [-0.05, 0) is 37.7 Å². The van der Waals surface area contributed by atoms with E-state index in [-0.39, 0.29) is 0 Å². The van der Waals surface area contributed by atoms with Gasteiger partial charge in [-0.25, -0.2) is 0 Å². The van der Waals surface area contributed by atoms with Gasteiger partial charge >= 0.3 is 0 Å². The summed E-state index contributed by atoms with van der Waals surface area (Å²) in [7, 11) is 1.71. The first kappa shape index (κ1) is 15.6. The first-order chi connectivity index (χ1) is 9.24. The van der Waals surface area contributed by atoms with Crippen molar-refractivity contribution in [3.05, 3.63) is 29.3 Å². The van der Waals surface area contributed by atoms with Crippen LogP contribution < -0.4 is 10.5 Å². The lowest BCUT2D eigenvalue weighted by atomic mass is 10.1. The Labute approximate surface area is 116 Å². The van der Waals surface area contributed by atoms with Crippen LogP contribution in [0.1, 0.15) is 31.4 Å². The first-order valence-corrected chi connectivity index (χ1v) is 6.83. The highest BCUT2D eigenvalue weighted by atomic mass is 16.5. The van der Waals surface area contributed by atoms with Gasteiger partial charge in [0.05, 0.1) is 13.7 Å². The number of hydrogen-bond acceptors (Lipinski definition) is 3. The molecule has 0 aliphatic heterocycles. The maximum Gasteiger partial charge on any atom is 0.123 e. The number of nitrogens with two attached hydrogens (primary N) is 1. The molecule has 3 heteroatoms. The van der Waals surface area contributed by atoms with Gasteiger partial charge in [-0.2, -0.15) is 0 Å². The van der Waals surface area contributed by atoms with E-state index in [9.17, 15) is 0 Å². The zero-order valence-corrected chi connectivity index (χ0v) is 12.2. The van der Waals surface area contributed by atoms with Crippen LogP contribution in [-0.2, 0) is 6.54 Å². The Morgan fingerprint density at radius 3 is 2.68 bits per heavy atom. The molecule has 0 unspecified atom stereocenters. The Hall–Kier alpha value is -1.50. The summed E-state index contributed by atoms with van der Waals surface area (Å²) >= 11 is 0. The average molecular weight is 260 g/mol. The van der Waals surface area contributed by atoms with Crippen molar-refractivity contribution >= 4 is 0 Å². The summed E-state index contributed by atoms with van der Waals surface area (Å²) in [5, 5.41) is 0. The topological polar surface area (TPSA) is 38.5 Å². The van der Waals surface area contributed by atoms with Crippen molar-refractivity contribution in [2.75, 3.05) is 26.7 Å². The van der Waals surface area contributed by atoms with E-state index in [4.69, 9.17) is 10.5 Å². The molecule has 1 rings (SSSR count). The summed E-state index contributed by atoms with van der Waals surface area (Å²) in [4.78, 5) is 2.40. The molecule has 0 amide bonds. The van der Waals surface area contributed by atoms with Crippen LogP contribution in [-0.4, -0.2) is 31.6 Å². The lowest BCUT2D eigenvalue weighted by Crippen LogP contribution is -2.23. The van der Waals surface area contributed by atoms with Crippen LogP contribution >= 0.6 is 0 Å². The number of nitrogens with zero attached hydrogens (tertiary/aromatic N) is 1. The van der Waals surface area contributed by atoms with E-state index in [0.29, 0.717) is 6.54 Å². The third kappa shape index (κ3) is 4.94. The molecule has 0 bridgehead atoms. The van der Waals surface area contributed by atoms with Crippen molar-refractivity contribution in [3.8, 4) is 17.6 Å². The molecule has 0 saturated carbocycles. The fourth-order valence-corrected chi connectivity index (χ4v) is 2.04. The Morgan fingerprint density at radius 2 is 2.11 bits per heavy atom. The fraction of sp³-hybridized carbons (Fsp3) is 0.500. The molecule has 1 aromatic rings. The molecule has 0 aromatic heterocycles. The highest BCUT2D eigenvalue weighted by Crippen LogP contribution is 2.21. The van der Waals surface area contributed by atoms with E-state index >= 15 is 0 Å². The third-order valence-corrected chi connectivity index (χ3v) is 3.00. The predicted molar refractivity (Wildman–Crippen MR) is 80.2 cm³/mol. The molecule has 0 aliphatic carbocycles. The molecule has 0 radical (unpaired) electrons. The minimum atomic E-state index is 0.387. The molecular formula is C16H24N2O. The molecule has 19 heavy (non-hydrogen) atoms. The van der Waals surface area contributed by atoms with Crippen molar-refractivity contribution in [1.29, 1.82) is 0 Å². The minimum absolute atomic E-state index is 0.387. The van der Waals surface area contributed by atoms with Crippen molar-refractivity contribution in [1.82, 2.24) is 4.90 Å². The van der Waals surface area contributed by atoms with Crippen LogP contribution in [0.4, 0.5) is 0 Å². The molecule has 0 atom stereocenters. The van der Waals surface area contributed by atoms with E-state index in [1.165, 1.54) is 5.56 Å². The Kier molecular flexibility index (Phi) is 7.02. The monoisotopic (exact) mass is 260 g/mol. The first-order valence-electron chi connectivity index (χ1n) is 6.83. The van der Waals surface area contributed by atoms with Crippen LogP contribution in [0.3, 0.4) is 0 Å². The summed E-state index contributed by atoms with van der Waals surface area (Å²) in [6, 6.07) is 6.05. The van der Waals surface area contributed by atoms with Gasteiger partial charge in [-0.1, -0.05) is 25.7 Å². The Morgan fingerprint density at radius 1 is 1.32 bits per heavy atom. The molecule has 0 heterocycles. The number of hydrogen-bond donors (Lipinski definition) is 1. The highest BCUT2D eigenvalue weighted by Gasteiger charge is 2.08. The smallest absolute Gasteiger partial charge is 0.123 e. The molecule has 3 nitrogen and oxygen atoms in total. The molecule has 0 aliphatic rings. The molecule has 0 saturated heterocycles. The van der Waals surface area contributed by atoms with Crippen LogP contribution in [0, 0.1) is 11.8 Å². The van der Waals surface area contributed by atoms with E-state index in [2.05, 4.69) is 36.7 Å². The SMILES string of the molecule is CCCN(CC)Cc1cc(C#CCN)ccc1OC. The quantitative estimate of drug-likeness (QED) is 0.797. The van der Waals surface area contributed by atoms with Gasteiger partial charge in [0.1, 0.15) is 5.75 Å². The standard InChI is InChI=1S/C16H24N2O/c1-4-11-18(5-2)13-15-12-14(7-6-10-17)8-9-16(15)19-3/h8-9,12H,4-5,10-11,13,17H2,1-3H3. The summed E-state index contributed by atoms with van der Waals surface area (Å²) in [6.45, 7) is 7.79. The second-order valence-electron chi connectivity index (χ2n) is 4.40. The van der Waals surface area contributed by atoms with Gasteiger partial charge in [-0.15, -0.1) is 0 Å². The summed E-state index contributed by atoms with van der Waals surface area (Å²) < 4.78 is 5.43. The zero-order valence-electron chi connectivity index (χ0n) is 12.2. The van der Waals surface area contributed by atoms with Crippen molar-refractivity contribution in [3.63, 3.8) is 0 Å².